The largest absolute Gasteiger partial charge is 0.0622 e. The smallest absolute Gasteiger partial charge is 0.0332 e. The van der Waals surface area contributed by atoms with Gasteiger partial charge in [0.1, 0.15) is 0 Å². The molecule has 0 N–H and O–H groups in total. The lowest BCUT2D eigenvalue weighted by molar-refractivity contribution is 1.44. The van der Waals surface area contributed by atoms with E-state index in [1.807, 2.05) is 12.1 Å². The number of rotatable bonds is 2. The highest BCUT2D eigenvalue weighted by Gasteiger charge is 2.10. The standard InChI is InChI=1S/C19H15Br/c1-14-12-17(15-8-4-2-5-9-15)19(20)18(13-14)16-10-6-3-7-11-16/h2-13H,1H3. The molecular weight excluding hydrogens is 308 g/mol. The van der Waals surface area contributed by atoms with Crippen LogP contribution >= 0.6 is 15.9 Å². The van der Waals surface area contributed by atoms with Crippen LogP contribution in [0.25, 0.3) is 22.3 Å². The van der Waals surface area contributed by atoms with Crippen molar-refractivity contribution in [1.82, 2.24) is 0 Å². The van der Waals surface area contributed by atoms with Gasteiger partial charge in [0.25, 0.3) is 0 Å². The van der Waals surface area contributed by atoms with Crippen molar-refractivity contribution in [3.05, 3.63) is 82.8 Å². The lowest BCUT2D eigenvalue weighted by Gasteiger charge is -2.12. The van der Waals surface area contributed by atoms with E-state index in [2.05, 4.69) is 83.5 Å². The van der Waals surface area contributed by atoms with E-state index in [0.717, 1.165) is 4.47 Å². The van der Waals surface area contributed by atoms with Gasteiger partial charge < -0.3 is 0 Å². The quantitative estimate of drug-likeness (QED) is 0.535. The van der Waals surface area contributed by atoms with Crippen LogP contribution in [-0.2, 0) is 0 Å². The zero-order valence-corrected chi connectivity index (χ0v) is 12.9. The third-order valence-corrected chi connectivity index (χ3v) is 4.24. The number of halogens is 1. The monoisotopic (exact) mass is 322 g/mol. The molecule has 0 amide bonds. The Morgan fingerprint density at radius 1 is 0.650 bits per heavy atom. The Kier molecular flexibility index (Phi) is 3.70. The van der Waals surface area contributed by atoms with Crippen molar-refractivity contribution in [2.24, 2.45) is 0 Å². The number of hydrogen-bond acceptors (Lipinski definition) is 0. The van der Waals surface area contributed by atoms with E-state index >= 15 is 0 Å². The van der Waals surface area contributed by atoms with Gasteiger partial charge in [-0.05, 0) is 50.7 Å². The fourth-order valence-electron chi connectivity index (χ4n) is 2.42. The van der Waals surface area contributed by atoms with Crippen molar-refractivity contribution in [3.63, 3.8) is 0 Å². The van der Waals surface area contributed by atoms with Crippen LogP contribution in [0.4, 0.5) is 0 Å². The minimum absolute atomic E-state index is 1.15. The molecule has 0 bridgehead atoms. The molecule has 0 heterocycles. The summed E-state index contributed by atoms with van der Waals surface area (Å²) in [6, 6.07) is 25.4. The second-order valence-electron chi connectivity index (χ2n) is 4.91. The topological polar surface area (TPSA) is 0 Å². The zero-order valence-electron chi connectivity index (χ0n) is 11.3. The van der Waals surface area contributed by atoms with Crippen LogP contribution in [0, 0.1) is 6.92 Å². The fraction of sp³-hybridized carbons (Fsp3) is 0.0526. The fourth-order valence-corrected chi connectivity index (χ4v) is 3.11. The van der Waals surface area contributed by atoms with Gasteiger partial charge in [-0.25, -0.2) is 0 Å². The number of benzene rings is 3. The van der Waals surface area contributed by atoms with E-state index in [0.29, 0.717) is 0 Å². The van der Waals surface area contributed by atoms with E-state index in [4.69, 9.17) is 0 Å². The van der Waals surface area contributed by atoms with Crippen molar-refractivity contribution in [2.75, 3.05) is 0 Å². The van der Waals surface area contributed by atoms with Crippen LogP contribution < -0.4 is 0 Å². The first-order valence-electron chi connectivity index (χ1n) is 6.67. The first-order chi connectivity index (χ1) is 9.75. The summed E-state index contributed by atoms with van der Waals surface area (Å²) in [5, 5.41) is 0. The Balaban J connectivity index is 2.22. The highest BCUT2D eigenvalue weighted by Crippen LogP contribution is 2.37. The minimum Gasteiger partial charge on any atom is -0.0622 e. The predicted molar refractivity (Wildman–Crippen MR) is 89.8 cm³/mol. The van der Waals surface area contributed by atoms with Gasteiger partial charge in [-0.3, -0.25) is 0 Å². The van der Waals surface area contributed by atoms with Crippen LogP contribution in [0.3, 0.4) is 0 Å². The van der Waals surface area contributed by atoms with E-state index in [9.17, 15) is 0 Å². The Morgan fingerprint density at radius 3 is 1.45 bits per heavy atom. The first-order valence-corrected chi connectivity index (χ1v) is 7.46. The SMILES string of the molecule is Cc1cc(-c2ccccc2)c(Br)c(-c2ccccc2)c1. The number of aryl methyl sites for hydroxylation is 1. The Morgan fingerprint density at radius 2 is 1.05 bits per heavy atom. The van der Waals surface area contributed by atoms with E-state index in [1.165, 1.54) is 27.8 Å². The Labute approximate surface area is 128 Å². The maximum atomic E-state index is 3.79. The van der Waals surface area contributed by atoms with E-state index in [-0.39, 0.29) is 0 Å². The van der Waals surface area contributed by atoms with E-state index < -0.39 is 0 Å². The third-order valence-electron chi connectivity index (χ3n) is 3.39. The molecule has 0 saturated heterocycles. The molecule has 0 saturated carbocycles. The molecule has 0 aliphatic carbocycles. The molecule has 3 aromatic rings. The van der Waals surface area contributed by atoms with Crippen molar-refractivity contribution in [1.29, 1.82) is 0 Å². The molecule has 98 valence electrons. The summed E-state index contributed by atoms with van der Waals surface area (Å²) in [4.78, 5) is 0. The van der Waals surface area contributed by atoms with Crippen molar-refractivity contribution >= 4 is 15.9 Å². The maximum Gasteiger partial charge on any atom is 0.0332 e. The highest BCUT2D eigenvalue weighted by molar-refractivity contribution is 9.10. The van der Waals surface area contributed by atoms with Crippen LogP contribution in [0.1, 0.15) is 5.56 Å². The van der Waals surface area contributed by atoms with Gasteiger partial charge in [0.15, 0.2) is 0 Å². The molecule has 0 atom stereocenters. The lowest BCUT2D eigenvalue weighted by Crippen LogP contribution is -1.87. The zero-order chi connectivity index (χ0) is 13.9. The highest BCUT2D eigenvalue weighted by atomic mass is 79.9. The average molecular weight is 323 g/mol. The molecule has 0 aliphatic rings. The lowest BCUT2D eigenvalue weighted by atomic mass is 9.96. The third kappa shape index (κ3) is 2.54. The minimum atomic E-state index is 1.15. The van der Waals surface area contributed by atoms with Gasteiger partial charge in [0.2, 0.25) is 0 Å². The van der Waals surface area contributed by atoms with Gasteiger partial charge in [-0.15, -0.1) is 0 Å². The summed E-state index contributed by atoms with van der Waals surface area (Å²) in [5.74, 6) is 0. The summed E-state index contributed by atoms with van der Waals surface area (Å²) < 4.78 is 1.15. The molecule has 0 unspecified atom stereocenters. The molecular formula is C19H15Br. The van der Waals surface area contributed by atoms with Crippen LogP contribution in [0.5, 0.6) is 0 Å². The van der Waals surface area contributed by atoms with Gasteiger partial charge in [0.05, 0.1) is 0 Å². The molecule has 0 radical (unpaired) electrons. The molecule has 0 fully saturated rings. The van der Waals surface area contributed by atoms with Gasteiger partial charge in [-0.2, -0.15) is 0 Å². The molecule has 20 heavy (non-hydrogen) atoms. The summed E-state index contributed by atoms with van der Waals surface area (Å²) in [5.41, 5.74) is 6.22. The van der Waals surface area contributed by atoms with Gasteiger partial charge in [0, 0.05) is 4.47 Å². The summed E-state index contributed by atoms with van der Waals surface area (Å²) in [6.07, 6.45) is 0. The summed E-state index contributed by atoms with van der Waals surface area (Å²) in [6.45, 7) is 2.14. The maximum absolute atomic E-state index is 3.79. The van der Waals surface area contributed by atoms with Crippen molar-refractivity contribution in [3.8, 4) is 22.3 Å². The molecule has 3 aromatic carbocycles. The molecule has 0 nitrogen and oxygen atoms in total. The van der Waals surface area contributed by atoms with Crippen LogP contribution in [0.15, 0.2) is 77.3 Å². The molecule has 0 aromatic heterocycles. The molecule has 0 spiro atoms. The van der Waals surface area contributed by atoms with Crippen LogP contribution in [0.2, 0.25) is 0 Å². The summed E-state index contributed by atoms with van der Waals surface area (Å²) >= 11 is 3.79. The predicted octanol–water partition coefficient (Wildman–Crippen LogP) is 6.09. The van der Waals surface area contributed by atoms with Crippen molar-refractivity contribution < 1.29 is 0 Å². The molecule has 1 heteroatoms. The van der Waals surface area contributed by atoms with Crippen LogP contribution in [-0.4, -0.2) is 0 Å². The Hall–Kier alpha value is -1.86. The molecule has 3 rings (SSSR count). The Bertz CT molecular complexity index is 655. The first kappa shape index (κ1) is 13.1. The average Bonchev–Trinajstić information content (AvgIpc) is 2.51. The normalized spacial score (nSPS) is 10.5. The number of hydrogen-bond donors (Lipinski definition) is 0. The second-order valence-corrected chi connectivity index (χ2v) is 5.70. The van der Waals surface area contributed by atoms with E-state index in [1.54, 1.807) is 0 Å². The van der Waals surface area contributed by atoms with Gasteiger partial charge in [-0.1, -0.05) is 72.8 Å². The molecule has 0 aliphatic heterocycles. The van der Waals surface area contributed by atoms with Gasteiger partial charge >= 0.3 is 0 Å². The summed E-state index contributed by atoms with van der Waals surface area (Å²) in [7, 11) is 0. The van der Waals surface area contributed by atoms with Crippen molar-refractivity contribution in [2.45, 2.75) is 6.92 Å². The second kappa shape index (κ2) is 5.64.